The lowest BCUT2D eigenvalue weighted by molar-refractivity contribution is 0.144. The topological polar surface area (TPSA) is 0 Å². The SMILES string of the molecule is CC(C)(C)C#C[C@@H](C1CCC1)C(C)(C)C. The Morgan fingerprint density at radius 1 is 1.00 bits per heavy atom. The molecule has 1 aliphatic rings. The largest absolute Gasteiger partial charge is 0.0985 e. The summed E-state index contributed by atoms with van der Waals surface area (Å²) in [4.78, 5) is 0. The van der Waals surface area contributed by atoms with Gasteiger partial charge in [-0.3, -0.25) is 0 Å². The van der Waals surface area contributed by atoms with E-state index >= 15 is 0 Å². The van der Waals surface area contributed by atoms with Crippen molar-refractivity contribution >= 4 is 0 Å². The van der Waals surface area contributed by atoms with Crippen molar-refractivity contribution < 1.29 is 0 Å². The van der Waals surface area contributed by atoms with Gasteiger partial charge in [0, 0.05) is 11.3 Å². The lowest BCUT2D eigenvalue weighted by Gasteiger charge is -2.38. The van der Waals surface area contributed by atoms with E-state index in [1.807, 2.05) is 0 Å². The minimum atomic E-state index is 0.146. The minimum Gasteiger partial charge on any atom is -0.0985 e. The van der Waals surface area contributed by atoms with E-state index in [-0.39, 0.29) is 5.41 Å². The molecular formula is C15H26. The second-order valence-corrected chi connectivity index (χ2v) is 7.05. The minimum absolute atomic E-state index is 0.146. The van der Waals surface area contributed by atoms with E-state index in [1.54, 1.807) is 0 Å². The molecule has 0 bridgehead atoms. The van der Waals surface area contributed by atoms with Crippen molar-refractivity contribution in [3.63, 3.8) is 0 Å². The van der Waals surface area contributed by atoms with Crippen molar-refractivity contribution in [2.24, 2.45) is 22.7 Å². The van der Waals surface area contributed by atoms with Crippen molar-refractivity contribution in [1.29, 1.82) is 0 Å². The third-order valence-corrected chi connectivity index (χ3v) is 3.16. The molecule has 1 atom stereocenters. The van der Waals surface area contributed by atoms with Crippen molar-refractivity contribution in [3.8, 4) is 11.8 Å². The van der Waals surface area contributed by atoms with Gasteiger partial charge in [-0.1, -0.05) is 39.0 Å². The van der Waals surface area contributed by atoms with Crippen LogP contribution in [0.3, 0.4) is 0 Å². The summed E-state index contributed by atoms with van der Waals surface area (Å²) in [5.74, 6) is 8.43. The summed E-state index contributed by atoms with van der Waals surface area (Å²) in [7, 11) is 0. The smallest absolute Gasteiger partial charge is 0.0279 e. The molecule has 0 saturated heterocycles. The first kappa shape index (κ1) is 12.6. The lowest BCUT2D eigenvalue weighted by atomic mass is 9.65. The maximum absolute atomic E-state index is 3.55. The molecule has 0 spiro atoms. The highest BCUT2D eigenvalue weighted by atomic mass is 14.4. The van der Waals surface area contributed by atoms with Gasteiger partial charge >= 0.3 is 0 Å². The zero-order valence-corrected chi connectivity index (χ0v) is 11.3. The Balaban J connectivity index is 2.76. The highest BCUT2D eigenvalue weighted by Gasteiger charge is 2.34. The van der Waals surface area contributed by atoms with Crippen LogP contribution in [0.5, 0.6) is 0 Å². The van der Waals surface area contributed by atoms with Crippen LogP contribution >= 0.6 is 0 Å². The standard InChI is InChI=1S/C15H26/c1-14(2,3)11-10-13(15(4,5)6)12-8-7-9-12/h12-13H,7-9H2,1-6H3/t13-/m0/s1. The summed E-state index contributed by atoms with van der Waals surface area (Å²) < 4.78 is 0. The first-order chi connectivity index (χ1) is 6.70. The molecule has 86 valence electrons. The third kappa shape index (κ3) is 3.90. The van der Waals surface area contributed by atoms with Gasteiger partial charge in [-0.05, 0) is 44.9 Å². The van der Waals surface area contributed by atoms with Crippen LogP contribution in [0, 0.1) is 34.5 Å². The Hall–Kier alpha value is -0.440. The molecule has 0 aliphatic heterocycles. The highest BCUT2D eigenvalue weighted by Crippen LogP contribution is 2.42. The Morgan fingerprint density at radius 3 is 1.80 bits per heavy atom. The van der Waals surface area contributed by atoms with Crippen LogP contribution < -0.4 is 0 Å². The zero-order chi connectivity index (χ0) is 11.7. The second-order valence-electron chi connectivity index (χ2n) is 7.05. The van der Waals surface area contributed by atoms with Gasteiger partial charge in [0.15, 0.2) is 0 Å². The van der Waals surface area contributed by atoms with Crippen molar-refractivity contribution in [2.45, 2.75) is 60.8 Å². The normalized spacial score (nSPS) is 20.1. The Bertz CT molecular complexity index is 257. The molecule has 0 aromatic rings. The molecule has 0 unspecified atom stereocenters. The van der Waals surface area contributed by atoms with E-state index < -0.39 is 0 Å². The second kappa shape index (κ2) is 4.20. The Labute approximate surface area is 95.8 Å². The molecule has 1 saturated carbocycles. The quantitative estimate of drug-likeness (QED) is 0.554. The molecule has 0 heterocycles. The van der Waals surface area contributed by atoms with E-state index in [2.05, 4.69) is 53.4 Å². The van der Waals surface area contributed by atoms with Gasteiger partial charge in [-0.25, -0.2) is 0 Å². The van der Waals surface area contributed by atoms with Crippen LogP contribution in [0.4, 0.5) is 0 Å². The molecule has 1 rings (SSSR count). The molecular weight excluding hydrogens is 180 g/mol. The maximum Gasteiger partial charge on any atom is 0.0279 e. The summed E-state index contributed by atoms with van der Waals surface area (Å²) >= 11 is 0. The lowest BCUT2D eigenvalue weighted by Crippen LogP contribution is -2.31. The van der Waals surface area contributed by atoms with Crippen molar-refractivity contribution in [3.05, 3.63) is 0 Å². The molecule has 0 amide bonds. The van der Waals surface area contributed by atoms with Crippen LogP contribution in [0.2, 0.25) is 0 Å². The monoisotopic (exact) mass is 206 g/mol. The highest BCUT2D eigenvalue weighted by molar-refractivity contribution is 5.14. The summed E-state index contributed by atoms with van der Waals surface area (Å²) in [5, 5.41) is 0. The molecule has 0 heteroatoms. The van der Waals surface area contributed by atoms with E-state index in [0.717, 1.165) is 5.92 Å². The third-order valence-electron chi connectivity index (χ3n) is 3.16. The molecule has 0 nitrogen and oxygen atoms in total. The first-order valence-corrected chi connectivity index (χ1v) is 6.23. The van der Waals surface area contributed by atoms with Gasteiger partial charge in [0.25, 0.3) is 0 Å². The fourth-order valence-corrected chi connectivity index (χ4v) is 2.11. The fraction of sp³-hybridized carbons (Fsp3) is 0.867. The number of hydrogen-bond acceptors (Lipinski definition) is 0. The molecule has 0 aromatic carbocycles. The van der Waals surface area contributed by atoms with Gasteiger partial charge in [0.05, 0.1) is 0 Å². The van der Waals surface area contributed by atoms with Crippen LogP contribution in [0.15, 0.2) is 0 Å². The van der Waals surface area contributed by atoms with Crippen LogP contribution in [0.25, 0.3) is 0 Å². The average molecular weight is 206 g/mol. The Kier molecular flexibility index (Phi) is 3.54. The average Bonchev–Trinajstić information content (AvgIpc) is 1.88. The van der Waals surface area contributed by atoms with Crippen LogP contribution in [-0.2, 0) is 0 Å². The molecule has 1 fully saturated rings. The Morgan fingerprint density at radius 2 is 1.53 bits per heavy atom. The van der Waals surface area contributed by atoms with Gasteiger partial charge in [-0.2, -0.15) is 0 Å². The van der Waals surface area contributed by atoms with Crippen molar-refractivity contribution in [1.82, 2.24) is 0 Å². The predicted molar refractivity (Wildman–Crippen MR) is 67.5 cm³/mol. The summed E-state index contributed by atoms with van der Waals surface area (Å²) in [6.07, 6.45) is 4.19. The maximum atomic E-state index is 3.55. The number of hydrogen-bond donors (Lipinski definition) is 0. The van der Waals surface area contributed by atoms with E-state index in [0.29, 0.717) is 11.3 Å². The van der Waals surface area contributed by atoms with Crippen molar-refractivity contribution in [2.75, 3.05) is 0 Å². The van der Waals surface area contributed by atoms with Gasteiger partial charge in [-0.15, -0.1) is 0 Å². The predicted octanol–water partition coefficient (Wildman–Crippen LogP) is 4.50. The van der Waals surface area contributed by atoms with E-state index in [4.69, 9.17) is 0 Å². The summed E-state index contributed by atoms with van der Waals surface area (Å²) in [5.41, 5.74) is 0.483. The van der Waals surface area contributed by atoms with Gasteiger partial charge in [0.1, 0.15) is 0 Å². The fourth-order valence-electron chi connectivity index (χ4n) is 2.11. The van der Waals surface area contributed by atoms with Crippen LogP contribution in [0.1, 0.15) is 60.8 Å². The molecule has 0 aromatic heterocycles. The van der Waals surface area contributed by atoms with E-state index in [1.165, 1.54) is 19.3 Å². The zero-order valence-electron chi connectivity index (χ0n) is 11.3. The molecule has 0 N–H and O–H groups in total. The van der Waals surface area contributed by atoms with Crippen LogP contribution in [-0.4, -0.2) is 0 Å². The molecule has 0 radical (unpaired) electrons. The summed E-state index contributed by atoms with van der Waals surface area (Å²) in [6.45, 7) is 13.6. The van der Waals surface area contributed by atoms with Gasteiger partial charge < -0.3 is 0 Å². The summed E-state index contributed by atoms with van der Waals surface area (Å²) in [6, 6.07) is 0. The van der Waals surface area contributed by atoms with E-state index in [9.17, 15) is 0 Å². The van der Waals surface area contributed by atoms with Gasteiger partial charge in [0.2, 0.25) is 0 Å². The first-order valence-electron chi connectivity index (χ1n) is 6.23. The molecule has 1 aliphatic carbocycles. The molecule has 15 heavy (non-hydrogen) atoms. The number of rotatable bonds is 1.